The van der Waals surface area contributed by atoms with E-state index < -0.39 is 0 Å². The van der Waals surface area contributed by atoms with E-state index in [0.29, 0.717) is 0 Å². The van der Waals surface area contributed by atoms with Gasteiger partial charge in [-0.15, -0.1) is 11.3 Å². The highest BCUT2D eigenvalue weighted by Crippen LogP contribution is 2.33. The fourth-order valence-corrected chi connectivity index (χ4v) is 3.02. The van der Waals surface area contributed by atoms with Gasteiger partial charge in [0.05, 0.1) is 4.34 Å². The molecular weight excluding hydrogens is 218 g/mol. The largest absolute Gasteiger partial charge is 0.396 e. The van der Waals surface area contributed by atoms with Gasteiger partial charge in [0.25, 0.3) is 0 Å². The molecule has 14 heavy (non-hydrogen) atoms. The van der Waals surface area contributed by atoms with E-state index in [1.807, 2.05) is 33.2 Å². The number of halogens is 1. The Kier molecular flexibility index (Phi) is 4.38. The Bertz CT molecular complexity index is 287. The zero-order valence-corrected chi connectivity index (χ0v) is 10.3. The molecule has 1 aromatic rings. The SMILES string of the molecule is CC(CO)C(c1ccc(Cl)s1)N(C)C. The van der Waals surface area contributed by atoms with E-state index >= 15 is 0 Å². The number of hydrogen-bond donors (Lipinski definition) is 1. The number of aliphatic hydroxyl groups excluding tert-OH is 1. The van der Waals surface area contributed by atoms with Gasteiger partial charge in [-0.05, 0) is 32.1 Å². The van der Waals surface area contributed by atoms with Crippen molar-refractivity contribution in [3.05, 3.63) is 21.3 Å². The highest BCUT2D eigenvalue weighted by Gasteiger charge is 2.22. The van der Waals surface area contributed by atoms with Gasteiger partial charge in [-0.2, -0.15) is 0 Å². The molecule has 0 spiro atoms. The van der Waals surface area contributed by atoms with Crippen molar-refractivity contribution < 1.29 is 5.11 Å². The molecule has 0 fully saturated rings. The van der Waals surface area contributed by atoms with Crippen molar-refractivity contribution in [1.29, 1.82) is 0 Å². The summed E-state index contributed by atoms with van der Waals surface area (Å²) in [6, 6.07) is 4.18. The van der Waals surface area contributed by atoms with Crippen molar-refractivity contribution in [2.45, 2.75) is 13.0 Å². The number of hydrogen-bond acceptors (Lipinski definition) is 3. The second-order valence-corrected chi connectivity index (χ2v) is 5.46. The summed E-state index contributed by atoms with van der Waals surface area (Å²) >= 11 is 7.48. The normalized spacial score (nSPS) is 15.9. The maximum Gasteiger partial charge on any atom is 0.0931 e. The van der Waals surface area contributed by atoms with Gasteiger partial charge in [0, 0.05) is 17.5 Å². The molecule has 2 atom stereocenters. The molecule has 1 heterocycles. The first-order valence-electron chi connectivity index (χ1n) is 4.58. The lowest BCUT2D eigenvalue weighted by molar-refractivity contribution is 0.148. The number of thiophene rings is 1. The van der Waals surface area contributed by atoms with Crippen LogP contribution in [-0.2, 0) is 0 Å². The number of rotatable bonds is 4. The third-order valence-electron chi connectivity index (χ3n) is 2.27. The molecule has 1 aromatic heterocycles. The van der Waals surface area contributed by atoms with Gasteiger partial charge < -0.3 is 10.0 Å². The Morgan fingerprint density at radius 2 is 2.14 bits per heavy atom. The molecule has 0 aliphatic heterocycles. The van der Waals surface area contributed by atoms with E-state index in [9.17, 15) is 0 Å². The average molecular weight is 234 g/mol. The van der Waals surface area contributed by atoms with Crippen LogP contribution >= 0.6 is 22.9 Å². The summed E-state index contributed by atoms with van der Waals surface area (Å²) in [5, 5.41) is 9.17. The molecule has 4 heteroatoms. The average Bonchev–Trinajstić information content (AvgIpc) is 2.51. The second-order valence-electron chi connectivity index (χ2n) is 3.71. The van der Waals surface area contributed by atoms with Crippen LogP contribution in [0.2, 0.25) is 4.34 Å². The van der Waals surface area contributed by atoms with Crippen molar-refractivity contribution in [3.8, 4) is 0 Å². The lowest BCUT2D eigenvalue weighted by Crippen LogP contribution is -2.27. The summed E-state index contributed by atoms with van der Waals surface area (Å²) in [5.74, 6) is 0.222. The summed E-state index contributed by atoms with van der Waals surface area (Å²) in [6.07, 6.45) is 0. The summed E-state index contributed by atoms with van der Waals surface area (Å²) < 4.78 is 0.803. The first-order valence-corrected chi connectivity index (χ1v) is 5.78. The van der Waals surface area contributed by atoms with Crippen LogP contribution < -0.4 is 0 Å². The van der Waals surface area contributed by atoms with E-state index in [1.54, 1.807) is 11.3 Å². The maximum absolute atomic E-state index is 9.17. The maximum atomic E-state index is 9.17. The van der Waals surface area contributed by atoms with Gasteiger partial charge in [-0.3, -0.25) is 0 Å². The van der Waals surface area contributed by atoms with Crippen molar-refractivity contribution in [1.82, 2.24) is 4.90 Å². The van der Waals surface area contributed by atoms with Gasteiger partial charge >= 0.3 is 0 Å². The van der Waals surface area contributed by atoms with Crippen LogP contribution in [0.3, 0.4) is 0 Å². The highest BCUT2D eigenvalue weighted by molar-refractivity contribution is 7.16. The predicted octanol–water partition coefficient (Wildman–Crippen LogP) is 2.63. The van der Waals surface area contributed by atoms with E-state index in [2.05, 4.69) is 4.90 Å². The van der Waals surface area contributed by atoms with Crippen molar-refractivity contribution in [3.63, 3.8) is 0 Å². The minimum atomic E-state index is 0.193. The zero-order valence-electron chi connectivity index (χ0n) is 8.70. The van der Waals surface area contributed by atoms with Gasteiger partial charge in [-0.25, -0.2) is 0 Å². The summed E-state index contributed by atoms with van der Waals surface area (Å²) in [6.45, 7) is 2.23. The monoisotopic (exact) mass is 233 g/mol. The summed E-state index contributed by atoms with van der Waals surface area (Å²) in [7, 11) is 4.04. The van der Waals surface area contributed by atoms with E-state index in [1.165, 1.54) is 4.88 Å². The lowest BCUT2D eigenvalue weighted by atomic mass is 10.0. The van der Waals surface area contributed by atoms with Crippen LogP contribution in [0.25, 0.3) is 0 Å². The van der Waals surface area contributed by atoms with Crippen LogP contribution in [0, 0.1) is 5.92 Å². The standard InChI is InChI=1S/C10H16ClNOS/c1-7(6-13)10(12(2)3)8-4-5-9(11)14-8/h4-5,7,10,13H,6H2,1-3H3. The first kappa shape index (κ1) is 12.0. The van der Waals surface area contributed by atoms with Crippen molar-refractivity contribution in [2.24, 2.45) is 5.92 Å². The second kappa shape index (κ2) is 5.12. The molecule has 2 unspecified atom stereocenters. The Balaban J connectivity index is 2.88. The molecule has 1 N–H and O–H groups in total. The Morgan fingerprint density at radius 1 is 1.50 bits per heavy atom. The molecule has 0 radical (unpaired) electrons. The lowest BCUT2D eigenvalue weighted by Gasteiger charge is -2.27. The highest BCUT2D eigenvalue weighted by atomic mass is 35.5. The molecule has 1 rings (SSSR count). The molecule has 0 saturated carbocycles. The molecule has 0 amide bonds. The molecule has 0 aliphatic carbocycles. The predicted molar refractivity (Wildman–Crippen MR) is 62.0 cm³/mol. The van der Waals surface area contributed by atoms with Gasteiger partial charge in [0.1, 0.15) is 0 Å². The molecule has 0 bridgehead atoms. The molecule has 2 nitrogen and oxygen atoms in total. The molecular formula is C10H16ClNOS. The Labute approximate surface area is 94.1 Å². The topological polar surface area (TPSA) is 23.5 Å². The molecule has 80 valence electrons. The van der Waals surface area contributed by atoms with Crippen LogP contribution in [-0.4, -0.2) is 30.7 Å². The number of nitrogens with zero attached hydrogens (tertiary/aromatic N) is 1. The fourth-order valence-electron chi connectivity index (χ4n) is 1.63. The zero-order chi connectivity index (χ0) is 10.7. The van der Waals surface area contributed by atoms with Crippen molar-refractivity contribution in [2.75, 3.05) is 20.7 Å². The van der Waals surface area contributed by atoms with Gasteiger partial charge in [-0.1, -0.05) is 18.5 Å². The minimum Gasteiger partial charge on any atom is -0.396 e. The molecule has 0 aliphatic rings. The van der Waals surface area contributed by atoms with Crippen LogP contribution in [0.5, 0.6) is 0 Å². The quantitative estimate of drug-likeness (QED) is 0.865. The van der Waals surface area contributed by atoms with Gasteiger partial charge in [0.2, 0.25) is 0 Å². The third kappa shape index (κ3) is 2.70. The van der Waals surface area contributed by atoms with E-state index in [4.69, 9.17) is 16.7 Å². The minimum absolute atomic E-state index is 0.193. The number of aliphatic hydroxyl groups is 1. The van der Waals surface area contributed by atoms with Crippen LogP contribution in [0.1, 0.15) is 17.8 Å². The van der Waals surface area contributed by atoms with Crippen LogP contribution in [0.4, 0.5) is 0 Å². The summed E-state index contributed by atoms with van der Waals surface area (Å²) in [5.41, 5.74) is 0. The molecule has 0 aromatic carbocycles. The first-order chi connectivity index (χ1) is 6.56. The third-order valence-corrected chi connectivity index (χ3v) is 3.57. The van der Waals surface area contributed by atoms with Gasteiger partial charge in [0.15, 0.2) is 0 Å². The summed E-state index contributed by atoms with van der Waals surface area (Å²) in [4.78, 5) is 3.32. The van der Waals surface area contributed by atoms with Crippen LogP contribution in [0.15, 0.2) is 12.1 Å². The van der Waals surface area contributed by atoms with E-state index in [0.717, 1.165) is 4.34 Å². The van der Waals surface area contributed by atoms with E-state index in [-0.39, 0.29) is 18.6 Å². The van der Waals surface area contributed by atoms with Crippen molar-refractivity contribution >= 4 is 22.9 Å². The fraction of sp³-hybridized carbons (Fsp3) is 0.600. The Hall–Kier alpha value is -0.0900. The molecule has 0 saturated heterocycles. The Morgan fingerprint density at radius 3 is 2.50 bits per heavy atom. The smallest absolute Gasteiger partial charge is 0.0931 e.